The van der Waals surface area contributed by atoms with Crippen LogP contribution in [0.3, 0.4) is 0 Å². The average Bonchev–Trinajstić information content (AvgIpc) is 3.09. The van der Waals surface area contributed by atoms with Crippen LogP contribution in [-0.2, 0) is 0 Å². The van der Waals surface area contributed by atoms with Gasteiger partial charge in [0, 0.05) is 6.04 Å². The van der Waals surface area contributed by atoms with E-state index in [9.17, 15) is 0 Å². The topological polar surface area (TPSA) is 21.3 Å². The second-order valence-corrected chi connectivity index (χ2v) is 4.75. The normalized spacial score (nSPS) is 17.2. The first-order valence-corrected chi connectivity index (χ1v) is 6.06. The van der Waals surface area contributed by atoms with E-state index in [1.54, 1.807) is 7.11 Å². The highest BCUT2D eigenvalue weighted by molar-refractivity contribution is 5.37. The Morgan fingerprint density at radius 2 is 2.19 bits per heavy atom. The van der Waals surface area contributed by atoms with Gasteiger partial charge in [0.15, 0.2) is 0 Å². The Bertz CT molecular complexity index is 358. The number of hydrogen-bond acceptors (Lipinski definition) is 2. The Morgan fingerprint density at radius 1 is 1.44 bits per heavy atom. The van der Waals surface area contributed by atoms with Crippen molar-refractivity contribution in [2.75, 3.05) is 14.2 Å². The summed E-state index contributed by atoms with van der Waals surface area (Å²) in [4.78, 5) is 0. The second kappa shape index (κ2) is 4.88. The summed E-state index contributed by atoms with van der Waals surface area (Å²) in [6.07, 6.45) is 4.09. The van der Waals surface area contributed by atoms with E-state index in [0.29, 0.717) is 6.04 Å². The summed E-state index contributed by atoms with van der Waals surface area (Å²) >= 11 is 0. The van der Waals surface area contributed by atoms with E-state index in [-0.39, 0.29) is 0 Å². The van der Waals surface area contributed by atoms with Crippen molar-refractivity contribution in [3.63, 3.8) is 0 Å². The Labute approximate surface area is 98.0 Å². The molecule has 2 heteroatoms. The van der Waals surface area contributed by atoms with Gasteiger partial charge in [-0.05, 0) is 43.5 Å². The molecule has 1 aliphatic carbocycles. The largest absolute Gasteiger partial charge is 0.496 e. The molecular formula is C14H21NO. The monoisotopic (exact) mass is 219 g/mol. The zero-order valence-corrected chi connectivity index (χ0v) is 10.4. The molecule has 0 heterocycles. The molecule has 0 aromatic heterocycles. The molecule has 1 fully saturated rings. The number of methoxy groups -OCH3 is 1. The highest BCUT2D eigenvalue weighted by Gasteiger charge is 2.25. The molecule has 1 atom stereocenters. The minimum Gasteiger partial charge on any atom is -0.496 e. The summed E-state index contributed by atoms with van der Waals surface area (Å²) in [5, 5.41) is 3.41. The molecule has 0 spiro atoms. The third-order valence-corrected chi connectivity index (χ3v) is 3.44. The van der Waals surface area contributed by atoms with Gasteiger partial charge in [-0.3, -0.25) is 0 Å². The molecule has 1 unspecified atom stereocenters. The van der Waals surface area contributed by atoms with Gasteiger partial charge in [0.1, 0.15) is 5.75 Å². The summed E-state index contributed by atoms with van der Waals surface area (Å²) in [6, 6.07) is 6.98. The van der Waals surface area contributed by atoms with Crippen LogP contribution in [0.15, 0.2) is 18.2 Å². The minimum absolute atomic E-state index is 0.497. The molecule has 1 saturated carbocycles. The zero-order chi connectivity index (χ0) is 11.5. The van der Waals surface area contributed by atoms with Crippen molar-refractivity contribution >= 4 is 0 Å². The van der Waals surface area contributed by atoms with Gasteiger partial charge in [-0.15, -0.1) is 0 Å². The highest BCUT2D eigenvalue weighted by atomic mass is 16.5. The van der Waals surface area contributed by atoms with Crippen LogP contribution in [0.5, 0.6) is 5.75 Å². The predicted octanol–water partition coefficient (Wildman–Crippen LogP) is 3.06. The Morgan fingerprint density at radius 3 is 2.69 bits per heavy atom. The lowest BCUT2D eigenvalue weighted by Gasteiger charge is -2.17. The maximum absolute atomic E-state index is 5.29. The molecular weight excluding hydrogens is 198 g/mol. The van der Waals surface area contributed by atoms with Gasteiger partial charge in [0.05, 0.1) is 7.11 Å². The second-order valence-electron chi connectivity index (χ2n) is 4.75. The van der Waals surface area contributed by atoms with Crippen LogP contribution in [0.4, 0.5) is 0 Å². The summed E-state index contributed by atoms with van der Waals surface area (Å²) in [7, 11) is 3.77. The SMILES string of the molecule is CNC(CC1CC1)c1ccc(OC)c(C)c1. The Kier molecular flexibility index (Phi) is 3.49. The van der Waals surface area contributed by atoms with Gasteiger partial charge < -0.3 is 10.1 Å². The van der Waals surface area contributed by atoms with E-state index in [1.165, 1.54) is 30.4 Å². The van der Waals surface area contributed by atoms with Crippen molar-refractivity contribution in [1.82, 2.24) is 5.32 Å². The standard InChI is InChI=1S/C14H21NO/c1-10-8-12(6-7-14(10)16-3)13(15-2)9-11-4-5-11/h6-8,11,13,15H,4-5,9H2,1-3H3. The van der Waals surface area contributed by atoms with Gasteiger partial charge in [-0.2, -0.15) is 0 Å². The lowest BCUT2D eigenvalue weighted by molar-refractivity contribution is 0.411. The van der Waals surface area contributed by atoms with Crippen molar-refractivity contribution in [3.05, 3.63) is 29.3 Å². The third-order valence-electron chi connectivity index (χ3n) is 3.44. The van der Waals surface area contributed by atoms with E-state index in [1.807, 2.05) is 7.05 Å². The van der Waals surface area contributed by atoms with Gasteiger partial charge in [-0.1, -0.05) is 25.0 Å². The van der Waals surface area contributed by atoms with Crippen LogP contribution in [0, 0.1) is 12.8 Å². The first kappa shape index (κ1) is 11.5. The molecule has 0 aliphatic heterocycles. The molecule has 2 nitrogen and oxygen atoms in total. The molecule has 1 aromatic rings. The van der Waals surface area contributed by atoms with Crippen LogP contribution in [-0.4, -0.2) is 14.2 Å². The van der Waals surface area contributed by atoms with Crippen LogP contribution in [0.2, 0.25) is 0 Å². The van der Waals surface area contributed by atoms with Crippen LogP contribution in [0.25, 0.3) is 0 Å². The van der Waals surface area contributed by atoms with E-state index >= 15 is 0 Å². The molecule has 1 N–H and O–H groups in total. The van der Waals surface area contributed by atoms with Gasteiger partial charge in [0.25, 0.3) is 0 Å². The third kappa shape index (κ3) is 2.56. The van der Waals surface area contributed by atoms with Crippen molar-refractivity contribution < 1.29 is 4.74 Å². The fourth-order valence-electron chi connectivity index (χ4n) is 2.23. The van der Waals surface area contributed by atoms with Gasteiger partial charge in [0.2, 0.25) is 0 Å². The van der Waals surface area contributed by atoms with Crippen molar-refractivity contribution in [1.29, 1.82) is 0 Å². The maximum atomic E-state index is 5.29. The first-order valence-electron chi connectivity index (χ1n) is 6.06. The van der Waals surface area contributed by atoms with Crippen LogP contribution in [0.1, 0.15) is 36.4 Å². The van der Waals surface area contributed by atoms with Crippen LogP contribution < -0.4 is 10.1 Å². The van der Waals surface area contributed by atoms with E-state index in [2.05, 4.69) is 30.4 Å². The zero-order valence-electron chi connectivity index (χ0n) is 10.4. The fourth-order valence-corrected chi connectivity index (χ4v) is 2.23. The Balaban J connectivity index is 2.13. The number of aryl methyl sites for hydroxylation is 1. The number of hydrogen-bond donors (Lipinski definition) is 1. The molecule has 88 valence electrons. The average molecular weight is 219 g/mol. The molecule has 0 saturated heterocycles. The maximum Gasteiger partial charge on any atom is 0.121 e. The van der Waals surface area contributed by atoms with Crippen molar-refractivity contribution in [2.24, 2.45) is 5.92 Å². The lowest BCUT2D eigenvalue weighted by atomic mass is 9.99. The van der Waals surface area contributed by atoms with Crippen LogP contribution >= 0.6 is 0 Å². The van der Waals surface area contributed by atoms with E-state index < -0.39 is 0 Å². The molecule has 0 radical (unpaired) electrons. The first-order chi connectivity index (χ1) is 7.74. The van der Waals surface area contributed by atoms with Crippen molar-refractivity contribution in [2.45, 2.75) is 32.2 Å². The number of benzene rings is 1. The molecule has 2 rings (SSSR count). The van der Waals surface area contributed by atoms with E-state index in [0.717, 1.165) is 11.7 Å². The summed E-state index contributed by atoms with van der Waals surface area (Å²) in [6.45, 7) is 2.10. The fraction of sp³-hybridized carbons (Fsp3) is 0.571. The number of rotatable bonds is 5. The lowest BCUT2D eigenvalue weighted by Crippen LogP contribution is -2.17. The van der Waals surface area contributed by atoms with Gasteiger partial charge >= 0.3 is 0 Å². The van der Waals surface area contributed by atoms with Crippen molar-refractivity contribution in [3.8, 4) is 5.75 Å². The molecule has 0 bridgehead atoms. The number of ether oxygens (including phenoxy) is 1. The smallest absolute Gasteiger partial charge is 0.121 e. The molecule has 16 heavy (non-hydrogen) atoms. The van der Waals surface area contributed by atoms with Gasteiger partial charge in [-0.25, -0.2) is 0 Å². The quantitative estimate of drug-likeness (QED) is 0.821. The van der Waals surface area contributed by atoms with E-state index in [4.69, 9.17) is 4.74 Å². The highest BCUT2D eigenvalue weighted by Crippen LogP contribution is 2.38. The minimum atomic E-state index is 0.497. The molecule has 0 amide bonds. The summed E-state index contributed by atoms with van der Waals surface area (Å²) in [5.41, 5.74) is 2.60. The number of nitrogens with one attached hydrogen (secondary N) is 1. The molecule has 1 aromatic carbocycles. The molecule has 1 aliphatic rings. The summed E-state index contributed by atoms with van der Waals surface area (Å²) in [5.74, 6) is 1.92. The Hall–Kier alpha value is -1.02. The summed E-state index contributed by atoms with van der Waals surface area (Å²) < 4.78 is 5.29. The predicted molar refractivity (Wildman–Crippen MR) is 66.9 cm³/mol.